The van der Waals surface area contributed by atoms with Crippen molar-refractivity contribution < 1.29 is 29.3 Å². The Morgan fingerprint density at radius 3 is 2.15 bits per heavy atom. The van der Waals surface area contributed by atoms with Gasteiger partial charge in [-0.25, -0.2) is 0 Å². The van der Waals surface area contributed by atoms with Crippen molar-refractivity contribution >= 4 is 17.4 Å². The van der Waals surface area contributed by atoms with E-state index in [1.54, 1.807) is 37.4 Å². The van der Waals surface area contributed by atoms with E-state index in [1.165, 1.54) is 24.1 Å². The Kier molecular flexibility index (Phi) is 7.60. The van der Waals surface area contributed by atoms with Crippen LogP contribution >= 0.6 is 0 Å². The summed E-state index contributed by atoms with van der Waals surface area (Å²) in [7, 11) is 3.01. The lowest BCUT2D eigenvalue weighted by molar-refractivity contribution is -0.140. The van der Waals surface area contributed by atoms with E-state index in [0.29, 0.717) is 30.2 Å². The van der Waals surface area contributed by atoms with E-state index in [-0.39, 0.29) is 16.9 Å². The number of aliphatic hydroxyl groups is 1. The maximum absolute atomic E-state index is 13.1. The van der Waals surface area contributed by atoms with Crippen LogP contribution in [0.1, 0.15) is 31.0 Å². The second kappa shape index (κ2) is 10.4. The molecule has 1 aliphatic rings. The number of likely N-dealkylation sites (tertiary alicyclic amines) is 1. The number of carbonyl (C=O) groups excluding carboxylic acids is 2. The van der Waals surface area contributed by atoms with Gasteiger partial charge in [-0.05, 0) is 42.9 Å². The number of methoxy groups -OCH3 is 2. The number of ketones is 1. The van der Waals surface area contributed by atoms with Crippen LogP contribution in [-0.2, 0) is 9.59 Å². The molecule has 0 aliphatic carbocycles. The van der Waals surface area contributed by atoms with Crippen LogP contribution in [0.4, 0.5) is 0 Å². The highest BCUT2D eigenvalue weighted by Crippen LogP contribution is 2.41. The zero-order chi connectivity index (χ0) is 24.1. The predicted molar refractivity (Wildman–Crippen MR) is 124 cm³/mol. The minimum atomic E-state index is -0.798. The van der Waals surface area contributed by atoms with E-state index in [4.69, 9.17) is 9.47 Å². The topological polar surface area (TPSA) is 99.5 Å². The number of rotatable bonds is 9. The summed E-state index contributed by atoms with van der Waals surface area (Å²) >= 11 is 0. The molecule has 1 heterocycles. The first-order valence-corrected chi connectivity index (χ1v) is 10.9. The van der Waals surface area contributed by atoms with Gasteiger partial charge in [0.1, 0.15) is 23.0 Å². The fourth-order valence-corrected chi connectivity index (χ4v) is 4.02. The van der Waals surface area contributed by atoms with Gasteiger partial charge in [0.2, 0.25) is 0 Å². The number of ether oxygens (including phenoxy) is 2. The van der Waals surface area contributed by atoms with Crippen molar-refractivity contribution in [3.63, 3.8) is 0 Å². The number of hydrogen-bond acceptors (Lipinski definition) is 7. The molecule has 2 aromatic carbocycles. The van der Waals surface area contributed by atoms with Crippen LogP contribution in [0.25, 0.3) is 5.76 Å². The standard InChI is InChI=1S/C25H30N2O6/c1-5-26(6-2)13-14-27-22(16-7-9-17(32-3)10-8-16)21(24(30)25(27)31)23(29)19-12-11-18(33-4)15-20(19)28/h7-12,15,22,28-29H,5-6,13-14H2,1-4H3/t22-/m0/s1. The smallest absolute Gasteiger partial charge is 0.295 e. The Bertz CT molecular complexity index is 1040. The van der Waals surface area contributed by atoms with Crippen LogP contribution in [0.15, 0.2) is 48.0 Å². The van der Waals surface area contributed by atoms with Crippen molar-refractivity contribution in [2.45, 2.75) is 19.9 Å². The molecule has 33 heavy (non-hydrogen) atoms. The average Bonchev–Trinajstić information content (AvgIpc) is 3.09. The summed E-state index contributed by atoms with van der Waals surface area (Å²) in [5, 5.41) is 21.5. The number of likely N-dealkylation sites (N-methyl/N-ethyl adjacent to an activating group) is 1. The number of aliphatic hydroxyl groups excluding tert-OH is 1. The van der Waals surface area contributed by atoms with Gasteiger partial charge in [-0.15, -0.1) is 0 Å². The highest BCUT2D eigenvalue weighted by atomic mass is 16.5. The highest BCUT2D eigenvalue weighted by Gasteiger charge is 2.46. The van der Waals surface area contributed by atoms with Gasteiger partial charge in [-0.1, -0.05) is 26.0 Å². The SMILES string of the molecule is CCN(CC)CCN1C(=O)C(=O)C(=C(O)c2ccc(OC)cc2O)[C@@H]1c1ccc(OC)cc1. The molecule has 0 unspecified atom stereocenters. The second-order valence-corrected chi connectivity index (χ2v) is 7.68. The van der Waals surface area contributed by atoms with E-state index in [1.807, 2.05) is 13.8 Å². The molecule has 0 bridgehead atoms. The fraction of sp³-hybridized carbons (Fsp3) is 0.360. The van der Waals surface area contributed by atoms with Crippen molar-refractivity contribution in [2.75, 3.05) is 40.4 Å². The Morgan fingerprint density at radius 1 is 1.00 bits per heavy atom. The molecule has 1 fully saturated rings. The lowest BCUT2D eigenvalue weighted by Gasteiger charge is -2.28. The molecule has 176 valence electrons. The van der Waals surface area contributed by atoms with Gasteiger partial charge in [-0.2, -0.15) is 0 Å². The average molecular weight is 455 g/mol. The van der Waals surface area contributed by atoms with Crippen molar-refractivity contribution in [1.29, 1.82) is 0 Å². The number of benzene rings is 2. The van der Waals surface area contributed by atoms with Crippen LogP contribution in [-0.4, -0.2) is 72.1 Å². The van der Waals surface area contributed by atoms with Gasteiger partial charge in [0.15, 0.2) is 0 Å². The van der Waals surface area contributed by atoms with Crippen molar-refractivity contribution in [3.8, 4) is 17.2 Å². The summed E-state index contributed by atoms with van der Waals surface area (Å²) in [5.74, 6) is -1.13. The molecular weight excluding hydrogens is 424 g/mol. The molecule has 1 saturated heterocycles. The Morgan fingerprint density at radius 2 is 1.61 bits per heavy atom. The first kappa shape index (κ1) is 24.1. The monoisotopic (exact) mass is 454 g/mol. The third-order valence-electron chi connectivity index (χ3n) is 5.98. The second-order valence-electron chi connectivity index (χ2n) is 7.68. The van der Waals surface area contributed by atoms with Crippen LogP contribution < -0.4 is 9.47 Å². The van der Waals surface area contributed by atoms with E-state index in [9.17, 15) is 19.8 Å². The minimum Gasteiger partial charge on any atom is -0.507 e. The number of aromatic hydroxyl groups is 1. The van der Waals surface area contributed by atoms with Crippen LogP contribution in [0.5, 0.6) is 17.2 Å². The lowest BCUT2D eigenvalue weighted by atomic mass is 9.95. The zero-order valence-electron chi connectivity index (χ0n) is 19.4. The van der Waals surface area contributed by atoms with Crippen molar-refractivity contribution in [1.82, 2.24) is 9.80 Å². The van der Waals surface area contributed by atoms with Crippen LogP contribution in [0.3, 0.4) is 0 Å². The molecule has 1 atom stereocenters. The van der Waals surface area contributed by atoms with E-state index in [0.717, 1.165) is 13.1 Å². The van der Waals surface area contributed by atoms with E-state index < -0.39 is 23.5 Å². The Hall–Kier alpha value is -3.52. The first-order chi connectivity index (χ1) is 15.9. The van der Waals surface area contributed by atoms with Gasteiger partial charge < -0.3 is 29.5 Å². The summed E-state index contributed by atoms with van der Waals surface area (Å²) in [4.78, 5) is 29.8. The predicted octanol–water partition coefficient (Wildman–Crippen LogP) is 3.17. The Balaban J connectivity index is 2.12. The molecule has 2 aromatic rings. The number of phenolic OH excluding ortho intramolecular Hbond substituents is 1. The van der Waals surface area contributed by atoms with Crippen molar-refractivity contribution in [3.05, 3.63) is 59.2 Å². The zero-order valence-corrected chi connectivity index (χ0v) is 19.4. The molecular formula is C25H30N2O6. The largest absolute Gasteiger partial charge is 0.507 e. The van der Waals surface area contributed by atoms with Gasteiger partial charge in [-0.3, -0.25) is 9.59 Å². The third kappa shape index (κ3) is 4.80. The third-order valence-corrected chi connectivity index (χ3v) is 5.98. The van der Waals surface area contributed by atoms with Crippen LogP contribution in [0, 0.1) is 0 Å². The molecule has 0 radical (unpaired) electrons. The summed E-state index contributed by atoms with van der Waals surface area (Å²) < 4.78 is 10.3. The van der Waals surface area contributed by atoms with E-state index in [2.05, 4.69) is 4.90 Å². The number of hydrogen-bond donors (Lipinski definition) is 2. The number of Topliss-reactive ketones (excluding diaryl/α,β-unsaturated/α-hetero) is 1. The number of carbonyl (C=O) groups is 2. The normalized spacial score (nSPS) is 17.6. The molecule has 1 amide bonds. The molecule has 8 nitrogen and oxygen atoms in total. The van der Waals surface area contributed by atoms with Crippen molar-refractivity contribution in [2.24, 2.45) is 0 Å². The van der Waals surface area contributed by atoms with Gasteiger partial charge in [0.25, 0.3) is 11.7 Å². The molecule has 0 aromatic heterocycles. The molecule has 2 N–H and O–H groups in total. The summed E-state index contributed by atoms with van der Waals surface area (Å²) in [6.07, 6.45) is 0. The summed E-state index contributed by atoms with van der Waals surface area (Å²) in [6.45, 7) is 6.59. The number of phenols is 1. The number of nitrogens with zero attached hydrogens (tertiary/aromatic N) is 2. The Labute approximate surface area is 193 Å². The molecule has 0 saturated carbocycles. The highest BCUT2D eigenvalue weighted by molar-refractivity contribution is 6.46. The number of amides is 1. The summed E-state index contributed by atoms with van der Waals surface area (Å²) in [6, 6.07) is 10.6. The minimum absolute atomic E-state index is 0.0519. The van der Waals surface area contributed by atoms with Crippen LogP contribution in [0.2, 0.25) is 0 Å². The molecule has 3 rings (SSSR count). The maximum atomic E-state index is 13.1. The first-order valence-electron chi connectivity index (χ1n) is 10.9. The molecule has 0 spiro atoms. The van der Waals surface area contributed by atoms with Gasteiger partial charge in [0, 0.05) is 19.2 Å². The van der Waals surface area contributed by atoms with E-state index >= 15 is 0 Å². The quantitative estimate of drug-likeness (QED) is 0.341. The fourth-order valence-electron chi connectivity index (χ4n) is 4.02. The summed E-state index contributed by atoms with van der Waals surface area (Å²) in [5.41, 5.74) is 0.644. The lowest BCUT2D eigenvalue weighted by Crippen LogP contribution is -2.38. The molecule has 1 aliphatic heterocycles. The van der Waals surface area contributed by atoms with Gasteiger partial charge in [0.05, 0.1) is 31.4 Å². The molecule has 8 heteroatoms. The van der Waals surface area contributed by atoms with Gasteiger partial charge >= 0.3 is 0 Å². The maximum Gasteiger partial charge on any atom is 0.295 e.